The molecule has 0 amide bonds. The first kappa shape index (κ1) is 10.1. The molecule has 0 saturated carbocycles. The molecule has 0 unspecified atom stereocenters. The summed E-state index contributed by atoms with van der Waals surface area (Å²) in [6, 6.07) is 15.2. The zero-order chi connectivity index (χ0) is 11.5. The van der Waals surface area contributed by atoms with Crippen molar-refractivity contribution in [2.45, 2.75) is 5.92 Å². The van der Waals surface area contributed by atoms with Gasteiger partial charge in [-0.2, -0.15) is 0 Å². The maximum atomic E-state index is 2.28. The van der Waals surface area contributed by atoms with Gasteiger partial charge in [0.25, 0.3) is 0 Å². The third-order valence-electron chi connectivity index (χ3n) is 3.13. The van der Waals surface area contributed by atoms with Crippen molar-refractivity contribution < 1.29 is 0 Å². The summed E-state index contributed by atoms with van der Waals surface area (Å²) in [5.74, 6) is 0.384. The smallest absolute Gasteiger partial charge is 0.0205 e. The SMILES string of the molecule is C1=CC=CC(c2ccc3ccccc3c2)C=C1. The molecule has 0 aliphatic heterocycles. The number of allylic oxidation sites excluding steroid dienone is 6. The van der Waals surface area contributed by atoms with Gasteiger partial charge in [-0.3, -0.25) is 0 Å². The molecule has 1 aliphatic carbocycles. The summed E-state index contributed by atoms with van der Waals surface area (Å²) in [6.07, 6.45) is 12.8. The molecule has 0 fully saturated rings. The van der Waals surface area contributed by atoms with E-state index in [4.69, 9.17) is 0 Å². The molecule has 0 heterocycles. The second-order valence-corrected chi connectivity index (χ2v) is 4.29. The number of fused-ring (bicyclic) bond motifs is 1. The highest BCUT2D eigenvalue weighted by Crippen LogP contribution is 2.24. The van der Waals surface area contributed by atoms with Crippen molar-refractivity contribution in [2.24, 2.45) is 0 Å². The lowest BCUT2D eigenvalue weighted by Crippen LogP contribution is -1.90. The molecule has 0 atom stereocenters. The van der Waals surface area contributed by atoms with E-state index in [2.05, 4.69) is 78.9 Å². The molecule has 1 aliphatic rings. The normalized spacial score (nSPS) is 15.3. The Morgan fingerprint density at radius 3 is 2.12 bits per heavy atom. The van der Waals surface area contributed by atoms with E-state index < -0.39 is 0 Å². The molecule has 0 nitrogen and oxygen atoms in total. The lowest BCUT2D eigenvalue weighted by atomic mass is 9.96. The van der Waals surface area contributed by atoms with Crippen LogP contribution >= 0.6 is 0 Å². The molecule has 3 rings (SSSR count). The van der Waals surface area contributed by atoms with Gasteiger partial charge in [0.15, 0.2) is 0 Å². The number of benzene rings is 2. The van der Waals surface area contributed by atoms with E-state index in [-0.39, 0.29) is 0 Å². The van der Waals surface area contributed by atoms with Gasteiger partial charge in [0.1, 0.15) is 0 Å². The molecule has 82 valence electrons. The number of rotatable bonds is 1. The van der Waals surface area contributed by atoms with Crippen molar-refractivity contribution in [1.29, 1.82) is 0 Å². The molecule has 0 radical (unpaired) electrons. The predicted molar refractivity (Wildman–Crippen MR) is 74.1 cm³/mol. The Kier molecular flexibility index (Phi) is 2.63. The molecule has 2 aromatic rings. The monoisotopic (exact) mass is 218 g/mol. The van der Waals surface area contributed by atoms with E-state index in [1.54, 1.807) is 0 Å². The lowest BCUT2D eigenvalue weighted by Gasteiger charge is -2.09. The van der Waals surface area contributed by atoms with Crippen molar-refractivity contribution in [1.82, 2.24) is 0 Å². The van der Waals surface area contributed by atoms with Crippen LogP contribution in [0.4, 0.5) is 0 Å². The Hall–Kier alpha value is -2.08. The molecular weight excluding hydrogens is 204 g/mol. The zero-order valence-corrected chi connectivity index (χ0v) is 9.58. The highest BCUT2D eigenvalue weighted by atomic mass is 14.1. The van der Waals surface area contributed by atoms with Gasteiger partial charge in [0, 0.05) is 5.92 Å². The van der Waals surface area contributed by atoms with E-state index in [1.165, 1.54) is 16.3 Å². The van der Waals surface area contributed by atoms with Gasteiger partial charge in [0.2, 0.25) is 0 Å². The fourth-order valence-electron chi connectivity index (χ4n) is 2.20. The minimum absolute atomic E-state index is 0.384. The highest BCUT2D eigenvalue weighted by molar-refractivity contribution is 5.83. The van der Waals surface area contributed by atoms with E-state index in [0.29, 0.717) is 5.92 Å². The van der Waals surface area contributed by atoms with Crippen LogP contribution in [0, 0.1) is 0 Å². The Labute approximate surface area is 102 Å². The zero-order valence-electron chi connectivity index (χ0n) is 9.58. The molecule has 0 heteroatoms. The van der Waals surface area contributed by atoms with E-state index >= 15 is 0 Å². The molecule has 0 saturated heterocycles. The second-order valence-electron chi connectivity index (χ2n) is 4.29. The van der Waals surface area contributed by atoms with Crippen LogP contribution in [-0.4, -0.2) is 0 Å². The quantitative estimate of drug-likeness (QED) is 0.656. The van der Waals surface area contributed by atoms with Crippen LogP contribution in [-0.2, 0) is 0 Å². The van der Waals surface area contributed by atoms with Gasteiger partial charge in [-0.15, -0.1) is 0 Å². The van der Waals surface area contributed by atoms with Crippen LogP contribution in [0.25, 0.3) is 10.8 Å². The second kappa shape index (κ2) is 4.42. The first-order chi connectivity index (χ1) is 8.43. The van der Waals surface area contributed by atoms with Gasteiger partial charge in [-0.25, -0.2) is 0 Å². The fraction of sp³-hybridized carbons (Fsp3) is 0.0588. The first-order valence-electron chi connectivity index (χ1n) is 5.94. The van der Waals surface area contributed by atoms with Crippen LogP contribution in [0.2, 0.25) is 0 Å². The lowest BCUT2D eigenvalue weighted by molar-refractivity contribution is 1.09. The van der Waals surface area contributed by atoms with Crippen molar-refractivity contribution >= 4 is 10.8 Å². The van der Waals surface area contributed by atoms with Crippen LogP contribution in [0.5, 0.6) is 0 Å². The first-order valence-corrected chi connectivity index (χ1v) is 5.94. The average molecular weight is 218 g/mol. The van der Waals surface area contributed by atoms with Gasteiger partial charge < -0.3 is 0 Å². The molecule has 2 aromatic carbocycles. The van der Waals surface area contributed by atoms with Gasteiger partial charge in [-0.05, 0) is 16.3 Å². The summed E-state index contributed by atoms with van der Waals surface area (Å²) in [7, 11) is 0. The van der Waals surface area contributed by atoms with E-state index in [9.17, 15) is 0 Å². The summed E-state index contributed by atoms with van der Waals surface area (Å²) in [5, 5.41) is 2.61. The molecule has 17 heavy (non-hydrogen) atoms. The number of hydrogen-bond donors (Lipinski definition) is 0. The molecule has 0 spiro atoms. The number of hydrogen-bond acceptors (Lipinski definition) is 0. The predicted octanol–water partition coefficient (Wildman–Crippen LogP) is 4.61. The van der Waals surface area contributed by atoms with Gasteiger partial charge >= 0.3 is 0 Å². The minimum atomic E-state index is 0.384. The molecule has 0 bridgehead atoms. The maximum absolute atomic E-state index is 2.28. The summed E-state index contributed by atoms with van der Waals surface area (Å²) >= 11 is 0. The van der Waals surface area contributed by atoms with Crippen molar-refractivity contribution in [2.75, 3.05) is 0 Å². The third kappa shape index (κ3) is 2.07. The Balaban J connectivity index is 2.06. The Morgan fingerprint density at radius 2 is 1.35 bits per heavy atom. The Bertz CT molecular complexity index is 599. The largest absolute Gasteiger partial charge is 0.0732 e. The Morgan fingerprint density at radius 1 is 0.647 bits per heavy atom. The topological polar surface area (TPSA) is 0 Å². The summed E-state index contributed by atoms with van der Waals surface area (Å²) in [4.78, 5) is 0. The van der Waals surface area contributed by atoms with Crippen LogP contribution in [0.3, 0.4) is 0 Å². The summed E-state index contributed by atoms with van der Waals surface area (Å²) < 4.78 is 0. The third-order valence-corrected chi connectivity index (χ3v) is 3.13. The molecule has 0 aromatic heterocycles. The van der Waals surface area contributed by atoms with Crippen molar-refractivity contribution in [3.05, 3.63) is 84.5 Å². The van der Waals surface area contributed by atoms with Gasteiger partial charge in [0.05, 0.1) is 0 Å². The molecule has 0 N–H and O–H groups in total. The van der Waals surface area contributed by atoms with Crippen LogP contribution < -0.4 is 0 Å². The van der Waals surface area contributed by atoms with Crippen molar-refractivity contribution in [3.63, 3.8) is 0 Å². The van der Waals surface area contributed by atoms with E-state index in [1.807, 2.05) is 0 Å². The van der Waals surface area contributed by atoms with Crippen molar-refractivity contribution in [3.8, 4) is 0 Å². The highest BCUT2D eigenvalue weighted by Gasteiger charge is 2.05. The molecular formula is C17H14. The summed E-state index contributed by atoms with van der Waals surface area (Å²) in [5.41, 5.74) is 1.35. The standard InChI is InChI=1S/C17H14/c1-2-4-8-14(7-3-1)17-12-11-15-9-5-6-10-16(15)13-17/h1-14H. The minimum Gasteiger partial charge on any atom is -0.0732 e. The van der Waals surface area contributed by atoms with Crippen LogP contribution in [0.1, 0.15) is 11.5 Å². The summed E-state index contributed by atoms with van der Waals surface area (Å²) in [6.45, 7) is 0. The van der Waals surface area contributed by atoms with Gasteiger partial charge in [-0.1, -0.05) is 78.9 Å². The van der Waals surface area contributed by atoms with Crippen LogP contribution in [0.15, 0.2) is 78.9 Å². The fourth-order valence-corrected chi connectivity index (χ4v) is 2.20. The van der Waals surface area contributed by atoms with E-state index in [0.717, 1.165) is 0 Å². The maximum Gasteiger partial charge on any atom is 0.0205 e. The average Bonchev–Trinajstić information content (AvgIpc) is 2.67.